The minimum atomic E-state index is -2.91. The monoisotopic (exact) mass is 913 g/mol. The third kappa shape index (κ3) is 41.8. The summed E-state index contributed by atoms with van der Waals surface area (Å²) in [5.74, 6) is 1.43. The van der Waals surface area contributed by atoms with Crippen molar-refractivity contribution >= 4 is 21.4 Å². The van der Waals surface area contributed by atoms with Crippen LogP contribution in [0.1, 0.15) is 279 Å². The maximum absolute atomic E-state index is 7.12. The lowest BCUT2D eigenvalue weighted by Crippen LogP contribution is -2.49. The second kappa shape index (κ2) is 50.8. The second-order valence-corrected chi connectivity index (χ2v) is 22.7. The van der Waals surface area contributed by atoms with Crippen LogP contribution >= 0.6 is 12.6 Å². The average molecular weight is 914 g/mol. The van der Waals surface area contributed by atoms with E-state index in [0.29, 0.717) is 5.92 Å². The summed E-state index contributed by atoms with van der Waals surface area (Å²) in [6.45, 7) is 22.9. The lowest BCUT2D eigenvalue weighted by atomic mass is 10.0. The molecular formula is C55H116N2O3SSi. The zero-order chi connectivity index (χ0) is 45.3. The Morgan fingerprint density at radius 1 is 0.355 bits per heavy atom. The molecule has 0 spiro atoms. The van der Waals surface area contributed by atoms with E-state index in [-0.39, 0.29) is 0 Å². The van der Waals surface area contributed by atoms with E-state index in [9.17, 15) is 0 Å². The van der Waals surface area contributed by atoms with Gasteiger partial charge in [-0.15, -0.1) is 0 Å². The van der Waals surface area contributed by atoms with Gasteiger partial charge in [0.15, 0.2) is 0 Å². The summed E-state index contributed by atoms with van der Waals surface area (Å²) in [5, 5.41) is 0. The number of rotatable bonds is 54. The Morgan fingerprint density at radius 3 is 0.952 bits per heavy atom. The fourth-order valence-electron chi connectivity index (χ4n) is 8.99. The molecule has 1 unspecified atom stereocenters. The van der Waals surface area contributed by atoms with Gasteiger partial charge in [-0.1, -0.05) is 241 Å². The van der Waals surface area contributed by atoms with Crippen LogP contribution in [-0.2, 0) is 13.3 Å². The van der Waals surface area contributed by atoms with E-state index >= 15 is 0 Å². The molecule has 1 atom stereocenters. The van der Waals surface area contributed by atoms with Crippen LogP contribution in [0.5, 0.6) is 0 Å². The van der Waals surface area contributed by atoms with E-state index in [2.05, 4.69) is 51.3 Å². The number of unbranched alkanes of at least 4 members (excludes halogenated alkanes) is 29. The first-order valence-electron chi connectivity index (χ1n) is 28.5. The molecule has 5 nitrogen and oxygen atoms in total. The summed E-state index contributed by atoms with van der Waals surface area (Å²) in [7, 11) is -2.91. The van der Waals surface area contributed by atoms with Crippen molar-refractivity contribution in [3.8, 4) is 0 Å². The van der Waals surface area contributed by atoms with Gasteiger partial charge in [-0.3, -0.25) is 0 Å². The molecule has 62 heavy (non-hydrogen) atoms. The summed E-state index contributed by atoms with van der Waals surface area (Å²) in [5.41, 5.74) is 0. The van der Waals surface area contributed by atoms with E-state index in [1.165, 1.54) is 251 Å². The highest BCUT2D eigenvalue weighted by molar-refractivity contribution is 7.80. The molecule has 0 amide bonds. The molecule has 7 heteroatoms. The standard InChI is InChI=1S/C55H116N2O3SSi/c1-7-13-18-22-26-30-34-38-44-56(45-39-35-31-27-23-19-14-8-2)48-50-58-62(53-42-52-61,60-54-55(12-6)43-17-11-5)59-51-49-57(46-40-36-32-28-24-20-15-9-3)47-41-37-33-29-25-21-16-10-4/h55,61H,7-54H2,1-6H3. The smallest absolute Gasteiger partial charge is 0.373 e. The molecule has 0 bridgehead atoms. The molecule has 0 saturated carbocycles. The molecule has 0 heterocycles. The molecule has 0 rings (SSSR count). The van der Waals surface area contributed by atoms with E-state index in [4.69, 9.17) is 25.9 Å². The van der Waals surface area contributed by atoms with Crippen molar-refractivity contribution in [3.63, 3.8) is 0 Å². The van der Waals surface area contributed by atoms with Gasteiger partial charge < -0.3 is 23.1 Å². The average Bonchev–Trinajstić information content (AvgIpc) is 3.28. The highest BCUT2D eigenvalue weighted by Gasteiger charge is 2.41. The van der Waals surface area contributed by atoms with Gasteiger partial charge >= 0.3 is 8.80 Å². The van der Waals surface area contributed by atoms with Gasteiger partial charge in [-0.25, -0.2) is 0 Å². The highest BCUT2D eigenvalue weighted by atomic mass is 32.1. The maximum atomic E-state index is 7.12. The Kier molecular flexibility index (Phi) is 51.1. The molecule has 0 fully saturated rings. The van der Waals surface area contributed by atoms with Crippen molar-refractivity contribution in [2.24, 2.45) is 5.92 Å². The zero-order valence-corrected chi connectivity index (χ0v) is 45.5. The summed E-state index contributed by atoms with van der Waals surface area (Å²) in [6, 6.07) is 0.882. The first-order valence-corrected chi connectivity index (χ1v) is 31.1. The lowest BCUT2D eigenvalue weighted by molar-refractivity contribution is 0.0333. The molecule has 0 saturated heterocycles. The number of thiol groups is 1. The fraction of sp³-hybridized carbons (Fsp3) is 1.00. The Bertz CT molecular complexity index is 750. The van der Waals surface area contributed by atoms with Crippen LogP contribution in [0.15, 0.2) is 0 Å². The lowest BCUT2D eigenvalue weighted by Gasteiger charge is -2.33. The van der Waals surface area contributed by atoms with E-state index in [1.54, 1.807) is 0 Å². The fourth-order valence-corrected chi connectivity index (χ4v) is 12.0. The van der Waals surface area contributed by atoms with Crippen molar-refractivity contribution in [2.75, 3.05) is 64.8 Å². The molecule has 0 aliphatic rings. The Labute approximate surface area is 398 Å². The Hall–Kier alpha value is 0.367. The molecule has 0 aromatic heterocycles. The Balaban J connectivity index is 5.73. The van der Waals surface area contributed by atoms with Crippen LogP contribution in [0.3, 0.4) is 0 Å². The third-order valence-electron chi connectivity index (χ3n) is 13.5. The quantitative estimate of drug-likeness (QED) is 0.0374. The van der Waals surface area contributed by atoms with Crippen molar-refractivity contribution in [1.82, 2.24) is 9.80 Å². The normalized spacial score (nSPS) is 12.7. The van der Waals surface area contributed by atoms with E-state index in [1.807, 2.05) is 0 Å². The summed E-state index contributed by atoms with van der Waals surface area (Å²) >= 11 is 4.71. The van der Waals surface area contributed by atoms with Gasteiger partial charge in [0, 0.05) is 25.7 Å². The van der Waals surface area contributed by atoms with Gasteiger partial charge in [0.25, 0.3) is 0 Å². The van der Waals surface area contributed by atoms with Crippen LogP contribution in [0.4, 0.5) is 0 Å². The number of hydrogen-bond donors (Lipinski definition) is 1. The van der Waals surface area contributed by atoms with Gasteiger partial charge in [-0.2, -0.15) is 12.6 Å². The van der Waals surface area contributed by atoms with Crippen LogP contribution in [-0.4, -0.2) is 83.4 Å². The van der Waals surface area contributed by atoms with E-state index < -0.39 is 8.80 Å². The predicted octanol–water partition coefficient (Wildman–Crippen LogP) is 17.7. The van der Waals surface area contributed by atoms with Crippen LogP contribution in [0.25, 0.3) is 0 Å². The third-order valence-corrected chi connectivity index (χ3v) is 16.7. The highest BCUT2D eigenvalue weighted by Crippen LogP contribution is 2.24. The molecule has 374 valence electrons. The second-order valence-electron chi connectivity index (χ2n) is 19.5. The first-order chi connectivity index (χ1) is 30.5. The number of hydrogen-bond acceptors (Lipinski definition) is 6. The minimum absolute atomic E-state index is 0.575. The van der Waals surface area contributed by atoms with Crippen molar-refractivity contribution in [2.45, 2.75) is 285 Å². The Morgan fingerprint density at radius 2 is 0.661 bits per heavy atom. The SMILES string of the molecule is CCCCCCCCCCN(CCCCCCCCCC)CCO[Si](CCCS)(OCCN(CCCCCCCCCC)CCCCCCCCCC)OCC(CC)CCCC. The molecule has 0 N–H and O–H groups in total. The number of nitrogens with zero attached hydrogens (tertiary/aromatic N) is 2. The molecule has 0 aromatic rings. The van der Waals surface area contributed by atoms with Crippen LogP contribution in [0, 0.1) is 5.92 Å². The molecule has 0 aliphatic heterocycles. The van der Waals surface area contributed by atoms with Crippen molar-refractivity contribution in [3.05, 3.63) is 0 Å². The van der Waals surface area contributed by atoms with Crippen molar-refractivity contribution < 1.29 is 13.3 Å². The molecule has 0 aromatic carbocycles. The van der Waals surface area contributed by atoms with Gasteiger partial charge in [0.2, 0.25) is 0 Å². The van der Waals surface area contributed by atoms with Crippen LogP contribution in [0.2, 0.25) is 6.04 Å². The topological polar surface area (TPSA) is 34.2 Å². The first kappa shape index (κ1) is 62.4. The largest absolute Gasteiger partial charge is 0.501 e. The molecular weight excluding hydrogens is 797 g/mol. The molecule has 0 radical (unpaired) electrons. The van der Waals surface area contributed by atoms with E-state index in [0.717, 1.165) is 57.5 Å². The minimum Gasteiger partial charge on any atom is -0.373 e. The van der Waals surface area contributed by atoms with Crippen molar-refractivity contribution in [1.29, 1.82) is 0 Å². The maximum Gasteiger partial charge on any atom is 0.501 e. The van der Waals surface area contributed by atoms with Gasteiger partial charge in [-0.05, 0) is 76.4 Å². The summed E-state index contributed by atoms with van der Waals surface area (Å²) in [6.07, 6.45) is 50.0. The predicted molar refractivity (Wildman–Crippen MR) is 284 cm³/mol. The molecule has 0 aliphatic carbocycles. The van der Waals surface area contributed by atoms with Gasteiger partial charge in [0.05, 0.1) is 13.2 Å². The van der Waals surface area contributed by atoms with Gasteiger partial charge in [0.1, 0.15) is 0 Å². The van der Waals surface area contributed by atoms with Crippen LogP contribution < -0.4 is 0 Å². The zero-order valence-electron chi connectivity index (χ0n) is 43.6. The summed E-state index contributed by atoms with van der Waals surface area (Å²) in [4.78, 5) is 5.47. The summed E-state index contributed by atoms with van der Waals surface area (Å²) < 4.78 is 21.3.